The Morgan fingerprint density at radius 1 is 0.844 bits per heavy atom. The molecule has 1 aliphatic rings. The Labute approximate surface area is 190 Å². The van der Waals surface area contributed by atoms with Crippen molar-refractivity contribution in [1.29, 1.82) is 0 Å². The SMILES string of the molecule is CC.Cc1cc(-c2[nH]c3cc(-c4ccc(N5CCNCC5)nc4)ncc3c2C)cc(C)n1. The van der Waals surface area contributed by atoms with Crippen LogP contribution in [0, 0.1) is 20.8 Å². The van der Waals surface area contributed by atoms with Gasteiger partial charge in [0, 0.05) is 77.7 Å². The molecule has 2 N–H and O–H groups in total. The van der Waals surface area contributed by atoms with Crippen LogP contribution in [0.15, 0.2) is 42.7 Å². The van der Waals surface area contributed by atoms with Gasteiger partial charge < -0.3 is 15.2 Å². The highest BCUT2D eigenvalue weighted by atomic mass is 15.2. The molecule has 5 rings (SSSR count). The number of nitrogens with zero attached hydrogens (tertiary/aromatic N) is 4. The first-order valence-corrected chi connectivity index (χ1v) is 11.4. The normalized spacial score (nSPS) is 13.7. The van der Waals surface area contributed by atoms with Gasteiger partial charge >= 0.3 is 0 Å². The number of piperazine rings is 1. The molecule has 32 heavy (non-hydrogen) atoms. The number of aryl methyl sites for hydroxylation is 3. The maximum Gasteiger partial charge on any atom is 0.128 e. The van der Waals surface area contributed by atoms with Gasteiger partial charge in [0.2, 0.25) is 0 Å². The fourth-order valence-electron chi connectivity index (χ4n) is 4.26. The van der Waals surface area contributed by atoms with Crippen LogP contribution in [0.25, 0.3) is 33.4 Å². The summed E-state index contributed by atoms with van der Waals surface area (Å²) in [6.07, 6.45) is 3.89. The second-order valence-electron chi connectivity index (χ2n) is 8.02. The maximum atomic E-state index is 4.73. The van der Waals surface area contributed by atoms with Crippen molar-refractivity contribution < 1.29 is 0 Å². The molecule has 5 heterocycles. The molecule has 0 radical (unpaired) electrons. The molecule has 6 heteroatoms. The molecule has 6 nitrogen and oxygen atoms in total. The lowest BCUT2D eigenvalue weighted by Crippen LogP contribution is -2.43. The Balaban J connectivity index is 0.00000119. The van der Waals surface area contributed by atoms with Crippen molar-refractivity contribution in [2.24, 2.45) is 0 Å². The first-order valence-electron chi connectivity index (χ1n) is 11.4. The van der Waals surface area contributed by atoms with E-state index in [4.69, 9.17) is 4.98 Å². The molecule has 1 aliphatic heterocycles. The van der Waals surface area contributed by atoms with E-state index in [1.165, 1.54) is 5.56 Å². The van der Waals surface area contributed by atoms with E-state index in [1.807, 2.05) is 40.1 Å². The van der Waals surface area contributed by atoms with E-state index in [2.05, 4.69) is 62.4 Å². The molecular formula is C26H32N6. The van der Waals surface area contributed by atoms with Gasteiger partial charge in [-0.1, -0.05) is 13.8 Å². The summed E-state index contributed by atoms with van der Waals surface area (Å²) in [4.78, 5) is 19.8. The van der Waals surface area contributed by atoms with Crippen LogP contribution in [0.1, 0.15) is 30.8 Å². The number of rotatable bonds is 3. The minimum atomic E-state index is 0.928. The minimum Gasteiger partial charge on any atom is -0.354 e. The highest BCUT2D eigenvalue weighted by molar-refractivity contribution is 5.91. The Hall–Kier alpha value is -3.25. The number of H-pyrrole nitrogens is 1. The zero-order valence-corrected chi connectivity index (χ0v) is 19.7. The molecule has 0 atom stereocenters. The third-order valence-electron chi connectivity index (χ3n) is 5.80. The van der Waals surface area contributed by atoms with E-state index in [0.717, 1.165) is 76.8 Å². The van der Waals surface area contributed by atoms with Crippen molar-refractivity contribution in [3.8, 4) is 22.5 Å². The van der Waals surface area contributed by atoms with Crippen molar-refractivity contribution in [2.45, 2.75) is 34.6 Å². The fourth-order valence-corrected chi connectivity index (χ4v) is 4.26. The van der Waals surface area contributed by atoms with Crippen LogP contribution >= 0.6 is 0 Å². The number of aromatic amines is 1. The molecule has 0 spiro atoms. The Kier molecular flexibility index (Phi) is 6.51. The highest BCUT2D eigenvalue weighted by Gasteiger charge is 2.14. The molecule has 1 fully saturated rings. The van der Waals surface area contributed by atoms with Crippen LogP contribution in [-0.2, 0) is 0 Å². The second kappa shape index (κ2) is 9.49. The summed E-state index contributed by atoms with van der Waals surface area (Å²) in [5, 5.41) is 4.52. The number of aromatic nitrogens is 4. The number of hydrogen-bond donors (Lipinski definition) is 2. The Bertz CT molecular complexity index is 1180. The van der Waals surface area contributed by atoms with Gasteiger partial charge in [0.05, 0.1) is 5.69 Å². The van der Waals surface area contributed by atoms with Crippen LogP contribution in [0.2, 0.25) is 0 Å². The molecule has 0 saturated carbocycles. The van der Waals surface area contributed by atoms with Crippen molar-refractivity contribution in [1.82, 2.24) is 25.3 Å². The van der Waals surface area contributed by atoms with Crippen LogP contribution in [0.3, 0.4) is 0 Å². The van der Waals surface area contributed by atoms with Gasteiger partial charge in [-0.3, -0.25) is 9.97 Å². The van der Waals surface area contributed by atoms with Crippen LogP contribution in [0.4, 0.5) is 5.82 Å². The molecule has 0 aliphatic carbocycles. The number of pyridine rings is 3. The summed E-state index contributed by atoms with van der Waals surface area (Å²) < 4.78 is 0. The van der Waals surface area contributed by atoms with E-state index in [9.17, 15) is 0 Å². The number of hydrogen-bond acceptors (Lipinski definition) is 5. The average molecular weight is 429 g/mol. The van der Waals surface area contributed by atoms with E-state index < -0.39 is 0 Å². The lowest BCUT2D eigenvalue weighted by atomic mass is 10.1. The zero-order valence-electron chi connectivity index (χ0n) is 19.7. The predicted octanol–water partition coefficient (Wildman–Crippen LogP) is 5.05. The highest BCUT2D eigenvalue weighted by Crippen LogP contribution is 2.32. The van der Waals surface area contributed by atoms with Gasteiger partial charge in [0.15, 0.2) is 0 Å². The van der Waals surface area contributed by atoms with Gasteiger partial charge in [-0.2, -0.15) is 0 Å². The molecule has 0 amide bonds. The Morgan fingerprint density at radius 3 is 2.22 bits per heavy atom. The Morgan fingerprint density at radius 2 is 1.56 bits per heavy atom. The summed E-state index contributed by atoms with van der Waals surface area (Å²) in [5.74, 6) is 1.03. The minimum absolute atomic E-state index is 0.928. The number of nitrogens with one attached hydrogen (secondary N) is 2. The van der Waals surface area contributed by atoms with Gasteiger partial charge in [-0.15, -0.1) is 0 Å². The molecular weight excluding hydrogens is 396 g/mol. The molecule has 0 bridgehead atoms. The average Bonchev–Trinajstić information content (AvgIpc) is 3.16. The summed E-state index contributed by atoms with van der Waals surface area (Å²) in [6.45, 7) is 14.2. The maximum absolute atomic E-state index is 4.73. The first kappa shape index (κ1) is 22.0. The van der Waals surface area contributed by atoms with Crippen molar-refractivity contribution >= 4 is 16.7 Å². The lowest BCUT2D eigenvalue weighted by molar-refractivity contribution is 0.585. The largest absolute Gasteiger partial charge is 0.354 e. The first-order chi connectivity index (χ1) is 15.6. The number of fused-ring (bicyclic) bond motifs is 1. The number of anilines is 1. The molecule has 4 aromatic heterocycles. The standard InChI is InChI=1S/C24H26N6.C2H6/c1-15-10-19(11-16(2)28-15)24-17(3)20-14-26-21(12-22(20)29-24)18-4-5-23(27-13-18)30-8-6-25-7-9-30;1-2/h4-5,10-14,25,29H,6-9H2,1-3H3;1-2H3. The van der Waals surface area contributed by atoms with Crippen LogP contribution in [0.5, 0.6) is 0 Å². The molecule has 0 aromatic carbocycles. The van der Waals surface area contributed by atoms with E-state index in [-0.39, 0.29) is 0 Å². The predicted molar refractivity (Wildman–Crippen MR) is 133 cm³/mol. The fraction of sp³-hybridized carbons (Fsp3) is 0.346. The lowest BCUT2D eigenvalue weighted by Gasteiger charge is -2.28. The van der Waals surface area contributed by atoms with Crippen molar-refractivity contribution in [2.75, 3.05) is 31.1 Å². The monoisotopic (exact) mass is 428 g/mol. The summed E-state index contributed by atoms with van der Waals surface area (Å²) in [5.41, 5.74) is 8.60. The topological polar surface area (TPSA) is 69.7 Å². The third-order valence-corrected chi connectivity index (χ3v) is 5.80. The van der Waals surface area contributed by atoms with E-state index >= 15 is 0 Å². The molecule has 1 saturated heterocycles. The van der Waals surface area contributed by atoms with E-state index in [1.54, 1.807) is 0 Å². The molecule has 166 valence electrons. The van der Waals surface area contributed by atoms with Gasteiger partial charge in [-0.05, 0) is 56.7 Å². The van der Waals surface area contributed by atoms with Crippen LogP contribution < -0.4 is 10.2 Å². The van der Waals surface area contributed by atoms with E-state index in [0.29, 0.717) is 0 Å². The third kappa shape index (κ3) is 4.36. The summed E-state index contributed by atoms with van der Waals surface area (Å²) in [6, 6.07) is 10.6. The van der Waals surface area contributed by atoms with Crippen molar-refractivity contribution in [3.05, 3.63) is 59.7 Å². The quantitative estimate of drug-likeness (QED) is 0.478. The summed E-state index contributed by atoms with van der Waals surface area (Å²) in [7, 11) is 0. The zero-order chi connectivity index (χ0) is 22.7. The molecule has 4 aromatic rings. The smallest absolute Gasteiger partial charge is 0.128 e. The van der Waals surface area contributed by atoms with Gasteiger partial charge in [-0.25, -0.2) is 4.98 Å². The van der Waals surface area contributed by atoms with Gasteiger partial charge in [0.1, 0.15) is 5.82 Å². The van der Waals surface area contributed by atoms with Crippen molar-refractivity contribution in [3.63, 3.8) is 0 Å². The van der Waals surface area contributed by atoms with Crippen LogP contribution in [-0.4, -0.2) is 46.1 Å². The second-order valence-corrected chi connectivity index (χ2v) is 8.02. The van der Waals surface area contributed by atoms with Gasteiger partial charge in [0.25, 0.3) is 0 Å². The summed E-state index contributed by atoms with van der Waals surface area (Å²) >= 11 is 0. The molecule has 0 unspecified atom stereocenters.